The highest BCUT2D eigenvalue weighted by atomic mass is 16.5. The van der Waals surface area contributed by atoms with Crippen LogP contribution >= 0.6 is 0 Å². The first kappa shape index (κ1) is 16.9. The average molecular weight is 361 g/mol. The third-order valence-electron chi connectivity index (χ3n) is 4.15. The first-order chi connectivity index (χ1) is 13.3. The van der Waals surface area contributed by atoms with Crippen molar-refractivity contribution in [2.45, 2.75) is 18.9 Å². The van der Waals surface area contributed by atoms with E-state index >= 15 is 0 Å². The van der Waals surface area contributed by atoms with Gasteiger partial charge in [0.2, 0.25) is 0 Å². The molecule has 3 heterocycles. The lowest BCUT2D eigenvalue weighted by Gasteiger charge is -2.25. The van der Waals surface area contributed by atoms with Crippen LogP contribution in [0, 0.1) is 11.3 Å². The van der Waals surface area contributed by atoms with Crippen molar-refractivity contribution in [1.82, 2.24) is 29.9 Å². The maximum absolute atomic E-state index is 9.73. The summed E-state index contributed by atoms with van der Waals surface area (Å²) in [6, 6.07) is 5.73. The van der Waals surface area contributed by atoms with Crippen LogP contribution in [0.3, 0.4) is 0 Å². The summed E-state index contributed by atoms with van der Waals surface area (Å²) >= 11 is 0. The molecule has 1 saturated heterocycles. The van der Waals surface area contributed by atoms with Crippen molar-refractivity contribution in [3.63, 3.8) is 0 Å². The minimum absolute atomic E-state index is 0.0329. The van der Waals surface area contributed by atoms with Crippen molar-refractivity contribution in [2.75, 3.05) is 13.2 Å². The summed E-state index contributed by atoms with van der Waals surface area (Å²) in [6.07, 6.45) is 7.11. The van der Waals surface area contributed by atoms with Gasteiger partial charge in [0.15, 0.2) is 11.6 Å². The predicted octanol–water partition coefficient (Wildman–Crippen LogP) is 1.82. The molecule has 0 bridgehead atoms. The molecule has 134 valence electrons. The molecule has 0 spiro atoms. The fraction of sp³-hybridized carbons (Fsp3) is 0.278. The Kier molecular flexibility index (Phi) is 4.89. The molecule has 0 saturated carbocycles. The van der Waals surface area contributed by atoms with E-state index in [-0.39, 0.29) is 6.10 Å². The number of rotatable bonds is 4. The minimum atomic E-state index is -0.0329. The second-order valence-electron chi connectivity index (χ2n) is 5.87. The van der Waals surface area contributed by atoms with Crippen LogP contribution in [0.25, 0.3) is 22.8 Å². The molecule has 1 fully saturated rings. The zero-order valence-corrected chi connectivity index (χ0v) is 14.3. The first-order valence-electron chi connectivity index (χ1n) is 8.42. The minimum Gasteiger partial charge on any atom is -0.488 e. The highest BCUT2D eigenvalue weighted by molar-refractivity contribution is 5.76. The van der Waals surface area contributed by atoms with Crippen molar-refractivity contribution in [3.05, 3.63) is 43.0 Å². The van der Waals surface area contributed by atoms with Gasteiger partial charge in [-0.2, -0.15) is 5.26 Å². The predicted molar refractivity (Wildman–Crippen MR) is 93.3 cm³/mol. The van der Waals surface area contributed by atoms with Crippen LogP contribution in [0.15, 0.2) is 37.4 Å². The summed E-state index contributed by atoms with van der Waals surface area (Å²) in [5, 5.41) is 9.73. The number of hydrogen-bond acceptors (Lipinski definition) is 9. The summed E-state index contributed by atoms with van der Waals surface area (Å²) in [5.74, 6) is 1.32. The van der Waals surface area contributed by atoms with Crippen LogP contribution in [-0.2, 0) is 4.74 Å². The molecule has 9 heteroatoms. The van der Waals surface area contributed by atoms with Crippen LogP contribution in [0.4, 0.5) is 0 Å². The summed E-state index contributed by atoms with van der Waals surface area (Å²) in [6.45, 7) is 1.27. The third-order valence-corrected chi connectivity index (χ3v) is 4.15. The second-order valence-corrected chi connectivity index (χ2v) is 5.87. The van der Waals surface area contributed by atoms with E-state index in [1.54, 1.807) is 6.07 Å². The molecule has 1 aliphatic heterocycles. The Morgan fingerprint density at radius 1 is 0.926 bits per heavy atom. The Bertz CT molecular complexity index is 955. The molecular weight excluding hydrogens is 346 g/mol. The van der Waals surface area contributed by atoms with Crippen LogP contribution in [0.2, 0.25) is 0 Å². The van der Waals surface area contributed by atoms with E-state index in [4.69, 9.17) is 9.47 Å². The fourth-order valence-electron chi connectivity index (χ4n) is 2.86. The quantitative estimate of drug-likeness (QED) is 0.685. The van der Waals surface area contributed by atoms with E-state index in [1.807, 2.05) is 6.07 Å². The van der Waals surface area contributed by atoms with Crippen LogP contribution in [-0.4, -0.2) is 49.2 Å². The lowest BCUT2D eigenvalue weighted by Crippen LogP contribution is -2.26. The molecule has 1 aromatic carbocycles. The van der Waals surface area contributed by atoms with Crippen molar-refractivity contribution in [1.29, 1.82) is 5.26 Å². The first-order valence-corrected chi connectivity index (χ1v) is 8.42. The Hall–Kier alpha value is -3.51. The Balaban J connectivity index is 1.84. The molecule has 0 amide bonds. The van der Waals surface area contributed by atoms with Crippen LogP contribution < -0.4 is 4.74 Å². The Morgan fingerprint density at radius 2 is 1.56 bits per heavy atom. The van der Waals surface area contributed by atoms with E-state index in [1.165, 1.54) is 25.3 Å². The van der Waals surface area contributed by atoms with Gasteiger partial charge in [0, 0.05) is 18.4 Å². The number of nitriles is 1. The van der Waals surface area contributed by atoms with Gasteiger partial charge in [-0.25, -0.2) is 29.9 Å². The van der Waals surface area contributed by atoms with E-state index in [9.17, 15) is 5.26 Å². The SMILES string of the molecule is N#Cc1cc(-c2ncncn2)cc(-c2ncncn2)c1OC1CCOCC1. The zero-order chi connectivity index (χ0) is 18.5. The number of hydrogen-bond donors (Lipinski definition) is 0. The Labute approximate surface area is 155 Å². The molecule has 0 atom stereocenters. The maximum Gasteiger partial charge on any atom is 0.166 e. The molecule has 0 unspecified atom stereocenters. The number of ether oxygens (including phenoxy) is 2. The number of nitrogens with zero attached hydrogens (tertiary/aromatic N) is 7. The average Bonchev–Trinajstić information content (AvgIpc) is 2.76. The lowest BCUT2D eigenvalue weighted by molar-refractivity contribution is 0.0257. The van der Waals surface area contributed by atoms with Gasteiger partial charge in [0.25, 0.3) is 0 Å². The fourth-order valence-corrected chi connectivity index (χ4v) is 2.86. The molecule has 0 aliphatic carbocycles. The van der Waals surface area contributed by atoms with Gasteiger partial charge in [0.1, 0.15) is 43.2 Å². The molecule has 4 rings (SSSR count). The van der Waals surface area contributed by atoms with E-state index < -0.39 is 0 Å². The van der Waals surface area contributed by atoms with Gasteiger partial charge < -0.3 is 9.47 Å². The van der Waals surface area contributed by atoms with Gasteiger partial charge in [-0.3, -0.25) is 0 Å². The highest BCUT2D eigenvalue weighted by Gasteiger charge is 2.22. The molecular formula is C18H15N7O2. The van der Waals surface area contributed by atoms with Crippen LogP contribution in [0.1, 0.15) is 18.4 Å². The largest absolute Gasteiger partial charge is 0.488 e. The molecule has 2 aromatic heterocycles. The molecule has 9 nitrogen and oxygen atoms in total. The van der Waals surface area contributed by atoms with Gasteiger partial charge in [-0.05, 0) is 12.1 Å². The lowest BCUT2D eigenvalue weighted by atomic mass is 10.0. The molecule has 27 heavy (non-hydrogen) atoms. The zero-order valence-electron chi connectivity index (χ0n) is 14.3. The Morgan fingerprint density at radius 3 is 2.19 bits per heavy atom. The standard InChI is InChI=1S/C18H15N7O2/c19-7-13-5-12(17-22-8-20-9-23-17)6-15(18-24-10-21-11-25-18)16(13)27-14-1-3-26-4-2-14/h5-6,8-11,14H,1-4H2. The van der Waals surface area contributed by atoms with Crippen molar-refractivity contribution in [3.8, 4) is 34.6 Å². The van der Waals surface area contributed by atoms with Crippen molar-refractivity contribution >= 4 is 0 Å². The van der Waals surface area contributed by atoms with E-state index in [0.29, 0.717) is 47.3 Å². The van der Waals surface area contributed by atoms with Crippen molar-refractivity contribution < 1.29 is 9.47 Å². The molecule has 0 N–H and O–H groups in total. The van der Waals surface area contributed by atoms with Gasteiger partial charge in [0.05, 0.1) is 24.3 Å². The smallest absolute Gasteiger partial charge is 0.166 e. The third kappa shape index (κ3) is 3.70. The molecule has 0 radical (unpaired) electrons. The second kappa shape index (κ2) is 7.80. The normalized spacial score (nSPS) is 14.5. The summed E-state index contributed by atoms with van der Waals surface area (Å²) in [4.78, 5) is 24.5. The number of benzene rings is 1. The number of aromatic nitrogens is 6. The van der Waals surface area contributed by atoms with E-state index in [2.05, 4.69) is 36.0 Å². The summed E-state index contributed by atoms with van der Waals surface area (Å²) in [7, 11) is 0. The summed E-state index contributed by atoms with van der Waals surface area (Å²) in [5.41, 5.74) is 1.62. The molecule has 1 aliphatic rings. The van der Waals surface area contributed by atoms with Gasteiger partial charge in [-0.15, -0.1) is 0 Å². The highest BCUT2D eigenvalue weighted by Crippen LogP contribution is 2.36. The van der Waals surface area contributed by atoms with Crippen LogP contribution in [0.5, 0.6) is 5.75 Å². The van der Waals surface area contributed by atoms with Gasteiger partial charge in [-0.1, -0.05) is 0 Å². The van der Waals surface area contributed by atoms with Gasteiger partial charge >= 0.3 is 0 Å². The van der Waals surface area contributed by atoms with Crippen molar-refractivity contribution in [2.24, 2.45) is 0 Å². The monoisotopic (exact) mass is 361 g/mol. The van der Waals surface area contributed by atoms with E-state index in [0.717, 1.165) is 12.8 Å². The maximum atomic E-state index is 9.73. The topological polar surface area (TPSA) is 120 Å². The summed E-state index contributed by atoms with van der Waals surface area (Å²) < 4.78 is 11.6. The molecule has 3 aromatic rings.